The molecule has 1 saturated carbocycles. The van der Waals surface area contributed by atoms with Crippen molar-refractivity contribution in [2.24, 2.45) is 11.3 Å². The molecule has 0 aliphatic heterocycles. The molecule has 0 amide bonds. The number of carboxylic acid groups (broad SMARTS) is 1. The molecule has 1 heterocycles. The van der Waals surface area contributed by atoms with Gasteiger partial charge in [-0.3, -0.25) is 9.36 Å². The van der Waals surface area contributed by atoms with E-state index in [0.29, 0.717) is 30.0 Å². The number of aliphatic carboxylic acids is 1. The van der Waals surface area contributed by atoms with E-state index >= 15 is 0 Å². The monoisotopic (exact) mass is 278 g/mol. The highest BCUT2D eigenvalue weighted by Gasteiger charge is 2.45. The highest BCUT2D eigenvalue weighted by atomic mass is 16.4. The van der Waals surface area contributed by atoms with Crippen molar-refractivity contribution in [3.63, 3.8) is 0 Å². The fraction of sp³-hybridized carbons (Fsp3) is 0.667. The summed E-state index contributed by atoms with van der Waals surface area (Å²) >= 11 is 0. The van der Waals surface area contributed by atoms with E-state index in [1.807, 2.05) is 6.92 Å². The van der Waals surface area contributed by atoms with Crippen molar-refractivity contribution in [2.45, 2.75) is 53.5 Å². The maximum absolute atomic E-state index is 12.1. The zero-order valence-corrected chi connectivity index (χ0v) is 12.6. The molecule has 1 N–H and O–H groups in total. The quantitative estimate of drug-likeness (QED) is 0.893. The lowest BCUT2D eigenvalue weighted by atomic mass is 10.1. The molecule has 110 valence electrons. The third kappa shape index (κ3) is 2.92. The number of carbonyl (C=O) groups is 1. The minimum atomic E-state index is -0.829. The summed E-state index contributed by atoms with van der Waals surface area (Å²) in [6.07, 6.45) is 1.61. The van der Waals surface area contributed by atoms with Crippen molar-refractivity contribution in [1.82, 2.24) is 9.55 Å². The van der Waals surface area contributed by atoms with E-state index in [1.54, 1.807) is 11.5 Å². The highest BCUT2D eigenvalue weighted by Crippen LogP contribution is 2.52. The predicted octanol–water partition coefficient (Wildman–Crippen LogP) is 1.92. The summed E-state index contributed by atoms with van der Waals surface area (Å²) in [5.41, 5.74) is 2.50. The van der Waals surface area contributed by atoms with Gasteiger partial charge in [0, 0.05) is 24.4 Å². The average molecular weight is 278 g/mol. The molecule has 1 aliphatic carbocycles. The molecule has 0 saturated heterocycles. The van der Waals surface area contributed by atoms with Crippen LogP contribution in [-0.4, -0.2) is 20.6 Å². The first-order chi connectivity index (χ1) is 9.22. The number of hydrogen-bond acceptors (Lipinski definition) is 3. The first-order valence-corrected chi connectivity index (χ1v) is 7.01. The topological polar surface area (TPSA) is 72.2 Å². The molecule has 5 nitrogen and oxygen atoms in total. The number of nitrogens with zero attached hydrogens (tertiary/aromatic N) is 2. The van der Waals surface area contributed by atoms with Crippen molar-refractivity contribution in [3.05, 3.63) is 27.4 Å². The van der Waals surface area contributed by atoms with Gasteiger partial charge in [0.2, 0.25) is 0 Å². The smallest absolute Gasteiger partial charge is 0.347 e. The van der Waals surface area contributed by atoms with Gasteiger partial charge in [0.25, 0.3) is 0 Å². The van der Waals surface area contributed by atoms with Gasteiger partial charge in [-0.15, -0.1) is 0 Å². The Morgan fingerprint density at radius 3 is 2.55 bits per heavy atom. The average Bonchev–Trinajstić information content (AvgIpc) is 2.91. The molecule has 1 aliphatic rings. The van der Waals surface area contributed by atoms with Gasteiger partial charge in [0.05, 0.1) is 0 Å². The minimum Gasteiger partial charge on any atom is -0.481 e. The van der Waals surface area contributed by atoms with Crippen LogP contribution < -0.4 is 5.69 Å². The van der Waals surface area contributed by atoms with Gasteiger partial charge in [0.15, 0.2) is 0 Å². The lowest BCUT2D eigenvalue weighted by Crippen LogP contribution is -2.29. The van der Waals surface area contributed by atoms with Crippen LogP contribution in [0.1, 0.15) is 43.6 Å². The maximum Gasteiger partial charge on any atom is 0.347 e. The molecule has 1 atom stereocenters. The van der Waals surface area contributed by atoms with E-state index in [0.717, 1.165) is 17.7 Å². The molecule has 1 fully saturated rings. The van der Waals surface area contributed by atoms with Crippen LogP contribution in [-0.2, 0) is 17.8 Å². The second-order valence-corrected chi connectivity index (χ2v) is 6.44. The first-order valence-electron chi connectivity index (χ1n) is 7.01. The molecule has 1 aromatic heterocycles. The van der Waals surface area contributed by atoms with Gasteiger partial charge < -0.3 is 5.11 Å². The second kappa shape index (κ2) is 5.04. The molecule has 0 spiro atoms. The van der Waals surface area contributed by atoms with Crippen molar-refractivity contribution in [2.75, 3.05) is 0 Å². The van der Waals surface area contributed by atoms with Crippen molar-refractivity contribution in [1.29, 1.82) is 0 Å². The van der Waals surface area contributed by atoms with Crippen molar-refractivity contribution >= 4 is 5.97 Å². The van der Waals surface area contributed by atoms with Gasteiger partial charge in [-0.2, -0.15) is 4.98 Å². The first kappa shape index (κ1) is 14.8. The summed E-state index contributed by atoms with van der Waals surface area (Å²) < 4.78 is 1.71. The van der Waals surface area contributed by atoms with Gasteiger partial charge in [-0.05, 0) is 43.6 Å². The van der Waals surface area contributed by atoms with Crippen LogP contribution in [0, 0.1) is 25.2 Å². The minimum absolute atomic E-state index is 0.0660. The summed E-state index contributed by atoms with van der Waals surface area (Å²) in [5, 5.41) is 8.82. The maximum atomic E-state index is 12.1. The molecule has 0 aromatic carbocycles. The number of aromatic nitrogens is 2. The molecular weight excluding hydrogens is 256 g/mol. The molecule has 0 radical (unpaired) electrons. The van der Waals surface area contributed by atoms with E-state index in [4.69, 9.17) is 5.11 Å². The normalized spacial score (nSPS) is 19.9. The third-order valence-corrected chi connectivity index (χ3v) is 4.48. The van der Waals surface area contributed by atoms with Crippen LogP contribution >= 0.6 is 0 Å². The Morgan fingerprint density at radius 1 is 1.45 bits per heavy atom. The summed E-state index contributed by atoms with van der Waals surface area (Å²) in [6.45, 7) is 8.75. The van der Waals surface area contributed by atoms with Crippen LogP contribution in [0.2, 0.25) is 0 Å². The standard InChI is InChI=1S/C15H22N2O3/c1-9-12(5-6-13(18)19)10(2)17(14(20)16-9)8-11-7-15(11,3)4/h11H,5-8H2,1-4H3,(H,18,19). The van der Waals surface area contributed by atoms with Crippen LogP contribution in [0.3, 0.4) is 0 Å². The SMILES string of the molecule is Cc1nc(=O)n(CC2CC2(C)C)c(C)c1CCC(=O)O. The van der Waals surface area contributed by atoms with E-state index in [1.165, 1.54) is 0 Å². The summed E-state index contributed by atoms with van der Waals surface area (Å²) in [6, 6.07) is 0. The number of carboxylic acids is 1. The third-order valence-electron chi connectivity index (χ3n) is 4.48. The van der Waals surface area contributed by atoms with Crippen LogP contribution in [0.5, 0.6) is 0 Å². The van der Waals surface area contributed by atoms with Crippen molar-refractivity contribution < 1.29 is 9.90 Å². The van der Waals surface area contributed by atoms with Crippen molar-refractivity contribution in [3.8, 4) is 0 Å². The molecular formula is C15H22N2O3. The largest absolute Gasteiger partial charge is 0.481 e. The zero-order chi connectivity index (χ0) is 15.1. The Balaban J connectivity index is 2.29. The highest BCUT2D eigenvalue weighted by molar-refractivity contribution is 5.67. The van der Waals surface area contributed by atoms with Gasteiger partial charge >= 0.3 is 11.7 Å². The molecule has 0 bridgehead atoms. The second-order valence-electron chi connectivity index (χ2n) is 6.44. The lowest BCUT2D eigenvalue weighted by molar-refractivity contribution is -0.136. The molecule has 20 heavy (non-hydrogen) atoms. The Kier molecular flexibility index (Phi) is 3.71. The van der Waals surface area contributed by atoms with E-state index < -0.39 is 5.97 Å². The molecule has 1 unspecified atom stereocenters. The lowest BCUT2D eigenvalue weighted by Gasteiger charge is -2.15. The molecule has 5 heteroatoms. The van der Waals surface area contributed by atoms with E-state index in [9.17, 15) is 9.59 Å². The molecule has 2 rings (SSSR count). The fourth-order valence-electron chi connectivity index (χ4n) is 2.76. The predicted molar refractivity (Wildman–Crippen MR) is 75.8 cm³/mol. The Hall–Kier alpha value is -1.65. The van der Waals surface area contributed by atoms with Crippen LogP contribution in [0.25, 0.3) is 0 Å². The number of hydrogen-bond donors (Lipinski definition) is 1. The zero-order valence-electron chi connectivity index (χ0n) is 12.6. The summed E-state index contributed by atoms with van der Waals surface area (Å²) in [7, 11) is 0. The number of rotatable bonds is 5. The van der Waals surface area contributed by atoms with Crippen LogP contribution in [0.15, 0.2) is 4.79 Å². The fourth-order valence-corrected chi connectivity index (χ4v) is 2.76. The Bertz CT molecular complexity index is 602. The summed E-state index contributed by atoms with van der Waals surface area (Å²) in [4.78, 5) is 26.8. The van der Waals surface area contributed by atoms with Gasteiger partial charge in [-0.25, -0.2) is 4.79 Å². The summed E-state index contributed by atoms with van der Waals surface area (Å²) in [5.74, 6) is -0.319. The Labute approximate surface area is 118 Å². The van der Waals surface area contributed by atoms with E-state index in [-0.39, 0.29) is 12.1 Å². The van der Waals surface area contributed by atoms with Gasteiger partial charge in [0.1, 0.15) is 0 Å². The number of aryl methyl sites for hydroxylation is 1. The van der Waals surface area contributed by atoms with Gasteiger partial charge in [-0.1, -0.05) is 13.8 Å². The molecule has 1 aromatic rings. The van der Waals surface area contributed by atoms with Crippen LogP contribution in [0.4, 0.5) is 0 Å². The van der Waals surface area contributed by atoms with E-state index in [2.05, 4.69) is 18.8 Å². The Morgan fingerprint density at radius 2 is 2.05 bits per heavy atom.